The van der Waals surface area contributed by atoms with Crippen LogP contribution in [0.4, 0.5) is 0 Å². The first-order valence-electron chi connectivity index (χ1n) is 15.8. The predicted molar refractivity (Wildman–Crippen MR) is 191 cm³/mol. The van der Waals surface area contributed by atoms with Crippen LogP contribution in [0.25, 0.3) is 58.8 Å². The Morgan fingerprint density at radius 3 is 1.96 bits per heavy atom. The molecule has 1 spiro atoms. The second-order valence-corrected chi connectivity index (χ2v) is 13.5. The molecule has 0 bridgehead atoms. The summed E-state index contributed by atoms with van der Waals surface area (Å²) in [5.41, 5.74) is 10.7. The fraction of sp³-hybridized carbons (Fsp3) is 0.0233. The van der Waals surface area contributed by atoms with E-state index < -0.39 is 5.41 Å². The van der Waals surface area contributed by atoms with Crippen molar-refractivity contribution in [1.29, 1.82) is 0 Å². The van der Waals surface area contributed by atoms with Gasteiger partial charge in [-0.2, -0.15) is 0 Å². The van der Waals surface area contributed by atoms with Gasteiger partial charge in [0, 0.05) is 53.3 Å². The fourth-order valence-corrected chi connectivity index (χ4v) is 9.60. The minimum atomic E-state index is -0.500. The van der Waals surface area contributed by atoms with Gasteiger partial charge in [-0.15, -0.1) is 11.3 Å². The van der Waals surface area contributed by atoms with E-state index in [-0.39, 0.29) is 0 Å². The summed E-state index contributed by atoms with van der Waals surface area (Å²) in [6.07, 6.45) is 0. The summed E-state index contributed by atoms with van der Waals surface area (Å²) in [6, 6.07) is 55.6. The zero-order chi connectivity index (χ0) is 30.0. The Morgan fingerprint density at radius 1 is 0.478 bits per heavy atom. The van der Waals surface area contributed by atoms with Crippen molar-refractivity contribution in [2.75, 3.05) is 0 Å². The van der Waals surface area contributed by atoms with Crippen molar-refractivity contribution in [2.24, 2.45) is 0 Å². The molecule has 2 nitrogen and oxygen atoms in total. The molecule has 1 aliphatic heterocycles. The number of aromatic nitrogens is 1. The molecular weight excluding hydrogens is 579 g/mol. The lowest BCUT2D eigenvalue weighted by Crippen LogP contribution is -2.32. The van der Waals surface area contributed by atoms with Gasteiger partial charge in [-0.05, 0) is 59.2 Å². The lowest BCUT2D eigenvalue weighted by Gasteiger charge is -2.39. The van der Waals surface area contributed by atoms with Crippen molar-refractivity contribution in [3.63, 3.8) is 0 Å². The van der Waals surface area contributed by atoms with Crippen LogP contribution in [0, 0.1) is 0 Å². The highest BCUT2D eigenvalue weighted by Crippen LogP contribution is 2.63. The Balaban J connectivity index is 1.33. The summed E-state index contributed by atoms with van der Waals surface area (Å²) in [5, 5.41) is 5.16. The number of para-hydroxylation sites is 3. The molecule has 1 aliphatic carbocycles. The average molecular weight is 604 g/mol. The van der Waals surface area contributed by atoms with Crippen LogP contribution in [0.2, 0.25) is 0 Å². The monoisotopic (exact) mass is 603 g/mol. The van der Waals surface area contributed by atoms with Gasteiger partial charge < -0.3 is 9.30 Å². The Bertz CT molecular complexity index is 2700. The van der Waals surface area contributed by atoms with Crippen LogP contribution in [0.1, 0.15) is 22.3 Å². The molecule has 11 rings (SSSR count). The third-order valence-corrected chi connectivity index (χ3v) is 11.4. The van der Waals surface area contributed by atoms with Gasteiger partial charge in [-0.25, -0.2) is 0 Å². The van der Waals surface area contributed by atoms with Gasteiger partial charge in [-0.3, -0.25) is 0 Å². The highest BCUT2D eigenvalue weighted by molar-refractivity contribution is 7.25. The van der Waals surface area contributed by atoms with Crippen LogP contribution in [0.15, 0.2) is 152 Å². The molecule has 0 unspecified atom stereocenters. The molecule has 0 saturated heterocycles. The quantitative estimate of drug-likeness (QED) is 0.182. The molecule has 2 aliphatic rings. The number of hydrogen-bond acceptors (Lipinski definition) is 2. The maximum Gasteiger partial charge on any atom is 0.132 e. The van der Waals surface area contributed by atoms with E-state index in [4.69, 9.17) is 4.74 Å². The Labute approximate surface area is 269 Å². The maximum absolute atomic E-state index is 6.59. The van der Waals surface area contributed by atoms with E-state index in [1.54, 1.807) is 0 Å². The van der Waals surface area contributed by atoms with Gasteiger partial charge in [-0.1, -0.05) is 109 Å². The van der Waals surface area contributed by atoms with Crippen molar-refractivity contribution < 1.29 is 4.74 Å². The molecule has 0 fully saturated rings. The third-order valence-electron chi connectivity index (χ3n) is 10.3. The molecule has 46 heavy (non-hydrogen) atoms. The van der Waals surface area contributed by atoms with Crippen LogP contribution in [-0.4, -0.2) is 4.57 Å². The predicted octanol–water partition coefficient (Wildman–Crippen LogP) is 11.6. The van der Waals surface area contributed by atoms with Crippen molar-refractivity contribution in [3.05, 3.63) is 174 Å². The fourth-order valence-electron chi connectivity index (χ4n) is 8.51. The molecule has 3 heterocycles. The second-order valence-electron chi connectivity index (χ2n) is 12.4. The molecule has 7 aromatic carbocycles. The van der Waals surface area contributed by atoms with Crippen LogP contribution in [-0.2, 0) is 5.41 Å². The number of ether oxygens (including phenoxy) is 1. The zero-order valence-electron chi connectivity index (χ0n) is 24.7. The number of rotatable bonds is 1. The first kappa shape index (κ1) is 24.7. The van der Waals surface area contributed by atoms with Crippen molar-refractivity contribution >= 4 is 53.3 Å². The minimum Gasteiger partial charge on any atom is -0.457 e. The van der Waals surface area contributed by atoms with Crippen LogP contribution >= 0.6 is 11.3 Å². The van der Waals surface area contributed by atoms with Crippen LogP contribution < -0.4 is 4.74 Å². The molecule has 3 heteroatoms. The third kappa shape index (κ3) is 2.92. The van der Waals surface area contributed by atoms with E-state index in [0.29, 0.717) is 0 Å². The molecule has 0 amide bonds. The van der Waals surface area contributed by atoms with E-state index >= 15 is 0 Å². The Kier molecular flexibility index (Phi) is 4.69. The number of benzene rings is 7. The van der Waals surface area contributed by atoms with Gasteiger partial charge in [0.25, 0.3) is 0 Å². The first-order chi connectivity index (χ1) is 22.8. The van der Waals surface area contributed by atoms with E-state index in [0.717, 1.165) is 11.5 Å². The summed E-state index contributed by atoms with van der Waals surface area (Å²) < 4.78 is 11.7. The smallest absolute Gasteiger partial charge is 0.132 e. The second kappa shape index (κ2) is 8.75. The Morgan fingerprint density at radius 2 is 1.13 bits per heavy atom. The van der Waals surface area contributed by atoms with E-state index in [1.165, 1.54) is 81.0 Å². The normalized spacial score (nSPS) is 14.0. The summed E-state index contributed by atoms with van der Waals surface area (Å²) in [4.78, 5) is 0. The molecule has 9 aromatic rings. The van der Waals surface area contributed by atoms with Crippen LogP contribution in [0.3, 0.4) is 0 Å². The van der Waals surface area contributed by atoms with Crippen molar-refractivity contribution in [2.45, 2.75) is 5.41 Å². The highest BCUT2D eigenvalue weighted by atomic mass is 32.1. The lowest BCUT2D eigenvalue weighted by atomic mass is 9.66. The lowest BCUT2D eigenvalue weighted by molar-refractivity contribution is 0.436. The summed E-state index contributed by atoms with van der Waals surface area (Å²) in [6.45, 7) is 0. The number of fused-ring (bicyclic) bond motifs is 16. The summed E-state index contributed by atoms with van der Waals surface area (Å²) >= 11 is 1.87. The largest absolute Gasteiger partial charge is 0.457 e. The van der Waals surface area contributed by atoms with Gasteiger partial charge >= 0.3 is 0 Å². The van der Waals surface area contributed by atoms with E-state index in [9.17, 15) is 0 Å². The average Bonchev–Trinajstić information content (AvgIpc) is 3.75. The van der Waals surface area contributed by atoms with Gasteiger partial charge in [0.15, 0.2) is 0 Å². The van der Waals surface area contributed by atoms with Gasteiger partial charge in [0.05, 0.1) is 16.4 Å². The zero-order valence-corrected chi connectivity index (χ0v) is 25.5. The van der Waals surface area contributed by atoms with Crippen molar-refractivity contribution in [3.8, 4) is 28.3 Å². The van der Waals surface area contributed by atoms with Crippen molar-refractivity contribution in [1.82, 2.24) is 4.57 Å². The van der Waals surface area contributed by atoms with E-state index in [2.05, 4.69) is 156 Å². The Hall–Kier alpha value is -5.64. The minimum absolute atomic E-state index is 0.500. The maximum atomic E-state index is 6.59. The first-order valence-corrected chi connectivity index (χ1v) is 16.6. The number of nitrogens with zero attached hydrogens (tertiary/aromatic N) is 1. The molecule has 0 atom stereocenters. The molecule has 214 valence electrons. The number of hydrogen-bond donors (Lipinski definition) is 0. The summed E-state index contributed by atoms with van der Waals surface area (Å²) in [5.74, 6) is 1.83. The molecule has 0 radical (unpaired) electrons. The van der Waals surface area contributed by atoms with Gasteiger partial charge in [0.2, 0.25) is 0 Å². The number of thiophene rings is 1. The molecular formula is C43H25NOS. The SMILES string of the molecule is c1ccc2c(c1)Oc1ccccc1C21c2ccccc2-c2c1ccc1c3ccccc3n(-c3ccc4sc5ccccc5c4c3)c21. The standard InChI is InChI=1S/C43H25NOS/c1-4-14-32-30(13-1)41-35(43(32)33-15-5-8-18-37(33)45-38-19-9-6-16-34(38)43)23-22-29-27-11-2-7-17-36(27)44(42(29)41)26-21-24-40-31(25-26)28-12-3-10-20-39(28)46-40/h1-25H. The molecule has 0 saturated carbocycles. The van der Waals surface area contributed by atoms with Crippen LogP contribution in [0.5, 0.6) is 11.5 Å². The highest BCUT2D eigenvalue weighted by Gasteiger charge is 2.51. The van der Waals surface area contributed by atoms with Gasteiger partial charge in [0.1, 0.15) is 11.5 Å². The van der Waals surface area contributed by atoms with E-state index in [1.807, 2.05) is 11.3 Å². The molecule has 0 N–H and O–H groups in total. The topological polar surface area (TPSA) is 14.2 Å². The summed E-state index contributed by atoms with van der Waals surface area (Å²) in [7, 11) is 0. The molecule has 2 aromatic heterocycles.